The van der Waals surface area contributed by atoms with Crippen molar-refractivity contribution in [1.29, 1.82) is 0 Å². The molecule has 0 saturated carbocycles. The van der Waals surface area contributed by atoms with Crippen LogP contribution in [0.3, 0.4) is 0 Å². The van der Waals surface area contributed by atoms with Crippen LogP contribution in [0.1, 0.15) is 17.2 Å². The maximum Gasteiger partial charge on any atom is 0.142 e. The van der Waals surface area contributed by atoms with Gasteiger partial charge in [0.25, 0.3) is 0 Å². The summed E-state index contributed by atoms with van der Waals surface area (Å²) >= 11 is 3.14. The smallest absolute Gasteiger partial charge is 0.142 e. The van der Waals surface area contributed by atoms with Crippen LogP contribution in [-0.2, 0) is 0 Å². The van der Waals surface area contributed by atoms with Gasteiger partial charge >= 0.3 is 0 Å². The number of hydrogen-bond donors (Lipinski definition) is 1. The van der Waals surface area contributed by atoms with E-state index in [1.807, 2.05) is 0 Å². The molecule has 0 heterocycles. The molecule has 0 bridgehead atoms. The Morgan fingerprint density at radius 3 is 2.33 bits per heavy atom. The zero-order valence-electron chi connectivity index (χ0n) is 9.75. The SMILES string of the molecule is CNC(c1ccccc1F)c1cccc(Br)c1F. The summed E-state index contributed by atoms with van der Waals surface area (Å²) in [6.45, 7) is 0. The van der Waals surface area contributed by atoms with Gasteiger partial charge in [-0.1, -0.05) is 30.3 Å². The van der Waals surface area contributed by atoms with E-state index >= 15 is 0 Å². The van der Waals surface area contributed by atoms with Gasteiger partial charge in [0.15, 0.2) is 0 Å². The molecule has 0 aliphatic heterocycles. The molecule has 0 aliphatic rings. The fourth-order valence-corrected chi connectivity index (χ4v) is 2.31. The standard InChI is InChI=1S/C14H12BrF2N/c1-18-14(9-5-2-3-8-12(9)16)10-6-4-7-11(15)13(10)17/h2-8,14,18H,1H3. The Morgan fingerprint density at radius 2 is 1.67 bits per heavy atom. The van der Waals surface area contributed by atoms with Crippen LogP contribution in [0, 0.1) is 11.6 Å². The lowest BCUT2D eigenvalue weighted by Crippen LogP contribution is -2.20. The quantitative estimate of drug-likeness (QED) is 0.902. The molecule has 1 atom stereocenters. The van der Waals surface area contributed by atoms with Gasteiger partial charge in [0.2, 0.25) is 0 Å². The van der Waals surface area contributed by atoms with Crippen LogP contribution in [0.5, 0.6) is 0 Å². The van der Waals surface area contributed by atoms with E-state index in [-0.39, 0.29) is 11.6 Å². The summed E-state index contributed by atoms with van der Waals surface area (Å²) in [6.07, 6.45) is 0. The third-order valence-corrected chi connectivity index (χ3v) is 3.41. The van der Waals surface area contributed by atoms with Gasteiger partial charge in [0.05, 0.1) is 10.5 Å². The van der Waals surface area contributed by atoms with Crippen molar-refractivity contribution >= 4 is 15.9 Å². The van der Waals surface area contributed by atoms with Gasteiger partial charge in [-0.2, -0.15) is 0 Å². The van der Waals surface area contributed by atoms with E-state index in [4.69, 9.17) is 0 Å². The second kappa shape index (κ2) is 5.59. The van der Waals surface area contributed by atoms with E-state index in [0.717, 1.165) is 0 Å². The van der Waals surface area contributed by atoms with E-state index in [0.29, 0.717) is 15.6 Å². The molecule has 18 heavy (non-hydrogen) atoms. The van der Waals surface area contributed by atoms with Crippen molar-refractivity contribution in [2.75, 3.05) is 7.05 Å². The molecule has 0 saturated heterocycles. The van der Waals surface area contributed by atoms with Crippen LogP contribution in [0.15, 0.2) is 46.9 Å². The normalized spacial score (nSPS) is 12.4. The highest BCUT2D eigenvalue weighted by Crippen LogP contribution is 2.29. The predicted molar refractivity (Wildman–Crippen MR) is 71.4 cm³/mol. The lowest BCUT2D eigenvalue weighted by molar-refractivity contribution is 0.544. The molecule has 2 aromatic rings. The van der Waals surface area contributed by atoms with Crippen LogP contribution in [0.4, 0.5) is 8.78 Å². The second-order valence-electron chi connectivity index (χ2n) is 3.89. The lowest BCUT2D eigenvalue weighted by atomic mass is 9.98. The van der Waals surface area contributed by atoms with E-state index in [9.17, 15) is 8.78 Å². The predicted octanol–water partition coefficient (Wildman–Crippen LogP) is 4.04. The minimum atomic E-state index is -0.510. The van der Waals surface area contributed by atoms with E-state index in [2.05, 4.69) is 21.2 Å². The summed E-state index contributed by atoms with van der Waals surface area (Å²) in [5, 5.41) is 2.94. The van der Waals surface area contributed by atoms with E-state index < -0.39 is 6.04 Å². The Bertz CT molecular complexity index is 557. The average Bonchev–Trinajstić information content (AvgIpc) is 2.37. The van der Waals surface area contributed by atoms with Crippen molar-refractivity contribution in [3.8, 4) is 0 Å². The third-order valence-electron chi connectivity index (χ3n) is 2.80. The number of rotatable bonds is 3. The highest BCUT2D eigenvalue weighted by molar-refractivity contribution is 9.10. The summed E-state index contributed by atoms with van der Waals surface area (Å²) in [5.41, 5.74) is 0.842. The minimum Gasteiger partial charge on any atom is -0.309 e. The van der Waals surface area contributed by atoms with Gasteiger partial charge in [-0.3, -0.25) is 0 Å². The Labute approximate surface area is 113 Å². The minimum absolute atomic E-state index is 0.351. The molecule has 94 valence electrons. The molecule has 2 aromatic carbocycles. The molecule has 0 amide bonds. The zero-order valence-corrected chi connectivity index (χ0v) is 11.3. The molecule has 0 spiro atoms. The van der Waals surface area contributed by atoms with Gasteiger partial charge < -0.3 is 5.32 Å². The van der Waals surface area contributed by atoms with Crippen LogP contribution in [0.25, 0.3) is 0 Å². The molecule has 0 radical (unpaired) electrons. The first-order chi connectivity index (χ1) is 8.65. The fraction of sp³-hybridized carbons (Fsp3) is 0.143. The molecule has 2 rings (SSSR count). The number of benzene rings is 2. The highest BCUT2D eigenvalue weighted by atomic mass is 79.9. The van der Waals surface area contributed by atoms with E-state index in [1.165, 1.54) is 6.07 Å². The van der Waals surface area contributed by atoms with Gasteiger partial charge in [-0.15, -0.1) is 0 Å². The molecule has 1 nitrogen and oxygen atoms in total. The molecule has 0 aliphatic carbocycles. The molecule has 1 unspecified atom stereocenters. The Kier molecular flexibility index (Phi) is 4.09. The van der Waals surface area contributed by atoms with Gasteiger partial charge in [0, 0.05) is 11.1 Å². The third kappa shape index (κ3) is 2.44. The summed E-state index contributed by atoms with van der Waals surface area (Å²) in [7, 11) is 1.68. The first kappa shape index (κ1) is 13.2. The van der Waals surface area contributed by atoms with Crippen LogP contribution >= 0.6 is 15.9 Å². The maximum absolute atomic E-state index is 14.0. The lowest BCUT2D eigenvalue weighted by Gasteiger charge is -2.19. The van der Waals surface area contributed by atoms with Crippen molar-refractivity contribution in [3.63, 3.8) is 0 Å². The molecule has 1 N–H and O–H groups in total. The zero-order chi connectivity index (χ0) is 13.1. The molecule has 0 fully saturated rings. The largest absolute Gasteiger partial charge is 0.309 e. The molecular formula is C14H12BrF2N. The van der Waals surface area contributed by atoms with Crippen molar-refractivity contribution in [1.82, 2.24) is 5.32 Å². The van der Waals surface area contributed by atoms with Gasteiger partial charge in [-0.05, 0) is 35.1 Å². The number of hydrogen-bond acceptors (Lipinski definition) is 1. The van der Waals surface area contributed by atoms with Crippen LogP contribution in [0.2, 0.25) is 0 Å². The van der Waals surface area contributed by atoms with Crippen LogP contribution in [-0.4, -0.2) is 7.05 Å². The number of nitrogens with one attached hydrogen (secondary N) is 1. The topological polar surface area (TPSA) is 12.0 Å². The fourth-order valence-electron chi connectivity index (χ4n) is 1.93. The highest BCUT2D eigenvalue weighted by Gasteiger charge is 2.20. The van der Waals surface area contributed by atoms with E-state index in [1.54, 1.807) is 43.4 Å². The summed E-state index contributed by atoms with van der Waals surface area (Å²) in [5.74, 6) is -0.726. The monoisotopic (exact) mass is 311 g/mol. The Morgan fingerprint density at radius 1 is 1.00 bits per heavy atom. The number of halogens is 3. The molecule has 0 aromatic heterocycles. The first-order valence-electron chi connectivity index (χ1n) is 5.50. The second-order valence-corrected chi connectivity index (χ2v) is 4.74. The first-order valence-corrected chi connectivity index (χ1v) is 6.30. The van der Waals surface area contributed by atoms with Crippen molar-refractivity contribution in [3.05, 3.63) is 69.7 Å². The van der Waals surface area contributed by atoms with Gasteiger partial charge in [-0.25, -0.2) is 8.78 Å². The average molecular weight is 312 g/mol. The van der Waals surface area contributed by atoms with Crippen molar-refractivity contribution in [2.45, 2.75) is 6.04 Å². The Balaban J connectivity index is 2.53. The van der Waals surface area contributed by atoms with Crippen LogP contribution < -0.4 is 5.32 Å². The van der Waals surface area contributed by atoms with Gasteiger partial charge in [0.1, 0.15) is 11.6 Å². The Hall–Kier alpha value is -1.26. The summed E-state index contributed by atoms with van der Waals surface area (Å²) < 4.78 is 28.2. The molecular weight excluding hydrogens is 300 g/mol. The maximum atomic E-state index is 14.0. The van der Waals surface area contributed by atoms with Crippen molar-refractivity contribution < 1.29 is 8.78 Å². The molecule has 4 heteroatoms. The summed E-state index contributed by atoms with van der Waals surface area (Å²) in [6, 6.07) is 10.9. The summed E-state index contributed by atoms with van der Waals surface area (Å²) in [4.78, 5) is 0. The van der Waals surface area contributed by atoms with Crippen molar-refractivity contribution in [2.24, 2.45) is 0 Å².